The maximum Gasteiger partial charge on any atom is 0.308 e. The summed E-state index contributed by atoms with van der Waals surface area (Å²) in [6.07, 6.45) is 2.19. The highest BCUT2D eigenvalue weighted by Crippen LogP contribution is 2.26. The minimum absolute atomic E-state index is 0.00859. The first kappa shape index (κ1) is 17.5. The van der Waals surface area contributed by atoms with E-state index in [0.29, 0.717) is 38.8 Å². The smallest absolute Gasteiger partial charge is 0.308 e. The fraction of sp³-hybridized carbons (Fsp3) is 0.526. The Hall–Kier alpha value is -2.37. The van der Waals surface area contributed by atoms with E-state index in [2.05, 4.69) is 0 Å². The van der Waals surface area contributed by atoms with Crippen LogP contribution in [0.15, 0.2) is 24.3 Å². The fourth-order valence-electron chi connectivity index (χ4n) is 3.67. The molecule has 2 fully saturated rings. The van der Waals surface area contributed by atoms with Crippen LogP contribution in [0.2, 0.25) is 0 Å². The van der Waals surface area contributed by atoms with Gasteiger partial charge in [-0.2, -0.15) is 0 Å². The topological polar surface area (TPSA) is 77.9 Å². The second kappa shape index (κ2) is 7.25. The lowest BCUT2D eigenvalue weighted by molar-refractivity contribution is -0.148. The SMILES string of the molecule is Cc1ccc(CN2C(=O)CC[C@@H]2C(=O)N2CCC[C@@H](C(=O)O)C2)cc1. The van der Waals surface area contributed by atoms with Gasteiger partial charge < -0.3 is 14.9 Å². The summed E-state index contributed by atoms with van der Waals surface area (Å²) >= 11 is 0. The molecule has 2 heterocycles. The van der Waals surface area contributed by atoms with Gasteiger partial charge in [-0.25, -0.2) is 0 Å². The average Bonchev–Trinajstić information content (AvgIpc) is 2.97. The highest BCUT2D eigenvalue weighted by atomic mass is 16.4. The van der Waals surface area contributed by atoms with E-state index in [1.54, 1.807) is 9.80 Å². The number of carbonyl (C=O) groups is 3. The first-order valence-electron chi connectivity index (χ1n) is 8.82. The van der Waals surface area contributed by atoms with E-state index in [4.69, 9.17) is 0 Å². The van der Waals surface area contributed by atoms with Crippen LogP contribution in [0.25, 0.3) is 0 Å². The lowest BCUT2D eigenvalue weighted by atomic mass is 9.97. The third kappa shape index (κ3) is 3.83. The molecular weight excluding hydrogens is 320 g/mol. The molecule has 0 saturated carbocycles. The van der Waals surface area contributed by atoms with Crippen molar-refractivity contribution in [3.63, 3.8) is 0 Å². The van der Waals surface area contributed by atoms with Crippen LogP contribution in [0.1, 0.15) is 36.8 Å². The number of carbonyl (C=O) groups excluding carboxylic acids is 2. The first-order valence-corrected chi connectivity index (χ1v) is 8.82. The maximum atomic E-state index is 12.9. The number of nitrogens with zero attached hydrogens (tertiary/aromatic N) is 2. The quantitative estimate of drug-likeness (QED) is 0.904. The highest BCUT2D eigenvalue weighted by Gasteiger charge is 2.39. The predicted octanol–water partition coefficient (Wildman–Crippen LogP) is 1.81. The number of aryl methyl sites for hydroxylation is 1. The van der Waals surface area contributed by atoms with E-state index in [0.717, 1.165) is 11.1 Å². The van der Waals surface area contributed by atoms with Crippen molar-refractivity contribution in [1.82, 2.24) is 9.80 Å². The molecule has 3 rings (SSSR count). The summed E-state index contributed by atoms with van der Waals surface area (Å²) in [7, 11) is 0. The van der Waals surface area contributed by atoms with Gasteiger partial charge in [0.15, 0.2) is 0 Å². The number of likely N-dealkylation sites (tertiary alicyclic amines) is 2. The Bertz CT molecular complexity index is 671. The maximum absolute atomic E-state index is 12.9. The van der Waals surface area contributed by atoms with Gasteiger partial charge in [-0.15, -0.1) is 0 Å². The summed E-state index contributed by atoms with van der Waals surface area (Å²) in [4.78, 5) is 39.7. The Morgan fingerprint density at radius 1 is 1.20 bits per heavy atom. The number of benzene rings is 1. The van der Waals surface area contributed by atoms with Gasteiger partial charge in [0.1, 0.15) is 6.04 Å². The van der Waals surface area contributed by atoms with Crippen LogP contribution in [0.4, 0.5) is 0 Å². The van der Waals surface area contributed by atoms with Gasteiger partial charge in [0, 0.05) is 26.1 Å². The standard InChI is InChI=1S/C19H24N2O4/c1-13-4-6-14(7-5-13)11-21-16(8-9-17(21)22)18(23)20-10-2-3-15(12-20)19(24)25/h4-7,15-16H,2-3,8-12H2,1H3,(H,24,25)/t15-,16-/m1/s1. The average molecular weight is 344 g/mol. The van der Waals surface area contributed by atoms with Crippen LogP contribution in [0.5, 0.6) is 0 Å². The summed E-state index contributed by atoms with van der Waals surface area (Å²) in [6.45, 7) is 3.25. The van der Waals surface area contributed by atoms with Gasteiger partial charge in [0.05, 0.1) is 5.92 Å². The van der Waals surface area contributed by atoms with Crippen LogP contribution in [-0.2, 0) is 20.9 Å². The minimum Gasteiger partial charge on any atom is -0.481 e. The van der Waals surface area contributed by atoms with Gasteiger partial charge >= 0.3 is 5.97 Å². The number of aliphatic carboxylic acids is 1. The third-order valence-corrected chi connectivity index (χ3v) is 5.17. The van der Waals surface area contributed by atoms with Crippen molar-refractivity contribution in [2.24, 2.45) is 5.92 Å². The van der Waals surface area contributed by atoms with Crippen molar-refractivity contribution in [1.29, 1.82) is 0 Å². The van der Waals surface area contributed by atoms with E-state index in [1.165, 1.54) is 0 Å². The zero-order chi connectivity index (χ0) is 18.0. The van der Waals surface area contributed by atoms with E-state index in [1.807, 2.05) is 31.2 Å². The zero-order valence-corrected chi connectivity index (χ0v) is 14.5. The Morgan fingerprint density at radius 2 is 1.92 bits per heavy atom. The lowest BCUT2D eigenvalue weighted by Crippen LogP contribution is -2.50. The number of carboxylic acid groups (broad SMARTS) is 1. The fourth-order valence-corrected chi connectivity index (χ4v) is 3.67. The van der Waals surface area contributed by atoms with Crippen molar-refractivity contribution >= 4 is 17.8 Å². The summed E-state index contributed by atoms with van der Waals surface area (Å²) in [6, 6.07) is 7.47. The molecule has 1 aromatic carbocycles. The molecular formula is C19H24N2O4. The molecule has 0 spiro atoms. The number of piperidine rings is 1. The van der Waals surface area contributed by atoms with Crippen molar-refractivity contribution in [2.75, 3.05) is 13.1 Å². The molecule has 0 aromatic heterocycles. The van der Waals surface area contributed by atoms with Crippen molar-refractivity contribution in [3.8, 4) is 0 Å². The summed E-state index contributed by atoms with van der Waals surface area (Å²) in [5, 5.41) is 9.21. The molecule has 1 aromatic rings. The molecule has 0 radical (unpaired) electrons. The van der Waals surface area contributed by atoms with Crippen LogP contribution < -0.4 is 0 Å². The van der Waals surface area contributed by atoms with E-state index in [9.17, 15) is 19.5 Å². The Balaban J connectivity index is 1.71. The van der Waals surface area contributed by atoms with Gasteiger partial charge in [-0.05, 0) is 31.7 Å². The van der Waals surface area contributed by atoms with Crippen LogP contribution in [0.3, 0.4) is 0 Å². The normalized spacial score (nSPS) is 23.8. The van der Waals surface area contributed by atoms with Gasteiger partial charge in [-0.3, -0.25) is 14.4 Å². The molecule has 6 nitrogen and oxygen atoms in total. The summed E-state index contributed by atoms with van der Waals surface area (Å²) < 4.78 is 0. The van der Waals surface area contributed by atoms with Gasteiger partial charge in [0.25, 0.3) is 0 Å². The number of hydrogen-bond acceptors (Lipinski definition) is 3. The molecule has 2 amide bonds. The Labute approximate surface area is 147 Å². The molecule has 6 heteroatoms. The first-order chi connectivity index (χ1) is 12.0. The van der Waals surface area contributed by atoms with E-state index in [-0.39, 0.29) is 18.4 Å². The Kier molecular flexibility index (Phi) is 5.06. The van der Waals surface area contributed by atoms with Crippen molar-refractivity contribution in [3.05, 3.63) is 35.4 Å². The summed E-state index contributed by atoms with van der Waals surface area (Å²) in [5.41, 5.74) is 2.15. The lowest BCUT2D eigenvalue weighted by Gasteiger charge is -2.35. The molecule has 0 aliphatic carbocycles. The summed E-state index contributed by atoms with van der Waals surface area (Å²) in [5.74, 6) is -1.47. The monoisotopic (exact) mass is 344 g/mol. The highest BCUT2D eigenvalue weighted by molar-refractivity contribution is 5.91. The minimum atomic E-state index is -0.850. The largest absolute Gasteiger partial charge is 0.481 e. The third-order valence-electron chi connectivity index (χ3n) is 5.17. The Morgan fingerprint density at radius 3 is 2.60 bits per heavy atom. The van der Waals surface area contributed by atoms with Gasteiger partial charge in [0.2, 0.25) is 11.8 Å². The molecule has 2 atom stereocenters. The number of amides is 2. The van der Waals surface area contributed by atoms with Gasteiger partial charge in [-0.1, -0.05) is 29.8 Å². The number of hydrogen-bond donors (Lipinski definition) is 1. The number of rotatable bonds is 4. The second-order valence-electron chi connectivity index (χ2n) is 7.02. The van der Waals surface area contributed by atoms with E-state index < -0.39 is 17.9 Å². The van der Waals surface area contributed by atoms with Crippen LogP contribution >= 0.6 is 0 Å². The molecule has 25 heavy (non-hydrogen) atoms. The molecule has 2 saturated heterocycles. The number of carboxylic acids is 1. The predicted molar refractivity (Wildman–Crippen MR) is 91.7 cm³/mol. The van der Waals surface area contributed by atoms with Crippen LogP contribution in [0, 0.1) is 12.8 Å². The van der Waals surface area contributed by atoms with Crippen molar-refractivity contribution in [2.45, 2.75) is 45.2 Å². The zero-order valence-electron chi connectivity index (χ0n) is 14.5. The molecule has 2 aliphatic heterocycles. The molecule has 1 N–H and O–H groups in total. The molecule has 0 unspecified atom stereocenters. The van der Waals surface area contributed by atoms with E-state index >= 15 is 0 Å². The molecule has 134 valence electrons. The second-order valence-corrected chi connectivity index (χ2v) is 7.02. The molecule has 0 bridgehead atoms. The van der Waals surface area contributed by atoms with Crippen LogP contribution in [-0.4, -0.2) is 51.8 Å². The molecule has 2 aliphatic rings. The van der Waals surface area contributed by atoms with Crippen molar-refractivity contribution < 1.29 is 19.5 Å².